The third kappa shape index (κ3) is 4.99. The lowest BCUT2D eigenvalue weighted by atomic mass is 9.94. The molecule has 1 atom stereocenters. The van der Waals surface area contributed by atoms with Crippen LogP contribution in [0.25, 0.3) is 22.4 Å². The molecule has 37 heavy (non-hydrogen) atoms. The Morgan fingerprint density at radius 2 is 1.78 bits per heavy atom. The number of amides is 2. The van der Waals surface area contributed by atoms with Crippen LogP contribution in [0.5, 0.6) is 0 Å². The number of aromatic nitrogens is 2. The van der Waals surface area contributed by atoms with Crippen LogP contribution < -0.4 is 0 Å². The molecule has 2 amide bonds. The Morgan fingerprint density at radius 3 is 2.49 bits per heavy atom. The van der Waals surface area contributed by atoms with E-state index in [2.05, 4.69) is 23.0 Å². The van der Waals surface area contributed by atoms with E-state index in [1.54, 1.807) is 6.20 Å². The Bertz CT molecular complexity index is 1290. The fraction of sp³-hybridized carbons (Fsp3) is 0.379. The molecule has 8 heteroatoms. The molecule has 2 aliphatic rings. The van der Waals surface area contributed by atoms with E-state index >= 15 is 0 Å². The van der Waals surface area contributed by atoms with E-state index in [-0.39, 0.29) is 24.5 Å². The van der Waals surface area contributed by atoms with Crippen molar-refractivity contribution in [1.29, 1.82) is 0 Å². The second kappa shape index (κ2) is 10.8. The summed E-state index contributed by atoms with van der Waals surface area (Å²) in [5.41, 5.74) is 5.81. The fourth-order valence-electron chi connectivity index (χ4n) is 5.33. The molecule has 0 saturated carbocycles. The van der Waals surface area contributed by atoms with Crippen molar-refractivity contribution < 1.29 is 14.7 Å². The summed E-state index contributed by atoms with van der Waals surface area (Å²) in [5.74, 6) is -0.0591. The maximum atomic E-state index is 13.6. The Hall–Kier alpha value is -3.62. The second-order valence-electron chi connectivity index (χ2n) is 9.75. The van der Waals surface area contributed by atoms with Gasteiger partial charge in [0.2, 0.25) is 5.91 Å². The van der Waals surface area contributed by atoms with E-state index in [1.165, 1.54) is 0 Å². The summed E-state index contributed by atoms with van der Waals surface area (Å²) in [7, 11) is 2.06. The van der Waals surface area contributed by atoms with E-state index in [0.717, 1.165) is 40.9 Å². The Balaban J connectivity index is 1.63. The van der Waals surface area contributed by atoms with Crippen molar-refractivity contribution in [1.82, 2.24) is 24.7 Å². The van der Waals surface area contributed by atoms with Crippen LogP contribution in [0.3, 0.4) is 0 Å². The standard InChI is InChI=1S/C29H33N5O3/c1-3-26(36)34-19-23-17-24(29(37)33-13-11-32(2)12-14-33)31-28(27(23)25(34)9-15-35)21-7-4-6-20(16-21)22-8-5-10-30-18-22/h4-8,10,16-18,25,35H,3,9,11-15,19H2,1-2H3/t25-/m1/s1. The largest absolute Gasteiger partial charge is 0.396 e. The van der Waals surface area contributed by atoms with Gasteiger partial charge in [0.25, 0.3) is 5.91 Å². The summed E-state index contributed by atoms with van der Waals surface area (Å²) >= 11 is 0. The summed E-state index contributed by atoms with van der Waals surface area (Å²) in [5, 5.41) is 9.88. The molecule has 2 aromatic heterocycles. The zero-order valence-corrected chi connectivity index (χ0v) is 21.4. The lowest BCUT2D eigenvalue weighted by molar-refractivity contribution is -0.133. The first kappa shape index (κ1) is 25.0. The Kier molecular flexibility index (Phi) is 7.30. The first-order chi connectivity index (χ1) is 18.0. The zero-order valence-electron chi connectivity index (χ0n) is 21.4. The van der Waals surface area contributed by atoms with E-state index in [4.69, 9.17) is 4.98 Å². The summed E-state index contributed by atoms with van der Waals surface area (Å²) in [6, 6.07) is 13.5. The molecule has 1 fully saturated rings. The van der Waals surface area contributed by atoms with Crippen molar-refractivity contribution in [3.63, 3.8) is 0 Å². The number of hydrogen-bond acceptors (Lipinski definition) is 6. The number of hydrogen-bond donors (Lipinski definition) is 1. The van der Waals surface area contributed by atoms with Crippen molar-refractivity contribution in [2.75, 3.05) is 39.8 Å². The van der Waals surface area contributed by atoms with Crippen LogP contribution >= 0.6 is 0 Å². The summed E-state index contributed by atoms with van der Waals surface area (Å²) in [6.07, 6.45) is 4.36. The van der Waals surface area contributed by atoms with Crippen molar-refractivity contribution in [2.45, 2.75) is 32.4 Å². The van der Waals surface area contributed by atoms with Crippen LogP contribution in [0.1, 0.15) is 47.4 Å². The predicted molar refractivity (Wildman–Crippen MR) is 142 cm³/mol. The van der Waals surface area contributed by atoms with Crippen LogP contribution in [-0.4, -0.2) is 81.4 Å². The minimum Gasteiger partial charge on any atom is -0.396 e. The molecule has 0 bridgehead atoms. The fourth-order valence-corrected chi connectivity index (χ4v) is 5.33. The van der Waals surface area contributed by atoms with E-state index in [1.807, 2.05) is 59.3 Å². The van der Waals surface area contributed by atoms with Gasteiger partial charge in [0.1, 0.15) is 5.69 Å². The van der Waals surface area contributed by atoms with Crippen molar-refractivity contribution >= 4 is 11.8 Å². The highest BCUT2D eigenvalue weighted by Crippen LogP contribution is 2.42. The average Bonchev–Trinajstić information content (AvgIpc) is 3.31. The van der Waals surface area contributed by atoms with Crippen molar-refractivity contribution in [2.24, 2.45) is 0 Å². The van der Waals surface area contributed by atoms with Gasteiger partial charge >= 0.3 is 0 Å². The first-order valence-electron chi connectivity index (χ1n) is 12.9. The molecule has 3 aromatic rings. The monoisotopic (exact) mass is 499 g/mol. The van der Waals surface area contributed by atoms with E-state index in [0.29, 0.717) is 43.9 Å². The molecule has 0 unspecified atom stereocenters. The lowest BCUT2D eigenvalue weighted by Crippen LogP contribution is -2.47. The Morgan fingerprint density at radius 1 is 1.03 bits per heavy atom. The first-order valence-corrected chi connectivity index (χ1v) is 12.9. The van der Waals surface area contributed by atoms with Gasteiger partial charge in [-0.15, -0.1) is 0 Å². The van der Waals surface area contributed by atoms with Crippen LogP contribution in [-0.2, 0) is 11.3 Å². The minimum atomic E-state index is -0.287. The number of likely N-dealkylation sites (N-methyl/N-ethyl adjacent to an activating group) is 1. The topological polar surface area (TPSA) is 89.9 Å². The molecule has 0 spiro atoms. The second-order valence-corrected chi connectivity index (χ2v) is 9.75. The molecule has 8 nitrogen and oxygen atoms in total. The van der Waals surface area contributed by atoms with Crippen LogP contribution in [0, 0.1) is 0 Å². The summed E-state index contributed by atoms with van der Waals surface area (Å²) < 4.78 is 0. The average molecular weight is 500 g/mol. The lowest BCUT2D eigenvalue weighted by Gasteiger charge is -2.32. The van der Waals surface area contributed by atoms with Gasteiger partial charge in [0.15, 0.2) is 0 Å². The van der Waals surface area contributed by atoms with Gasteiger partial charge in [-0.2, -0.15) is 0 Å². The molecule has 1 N–H and O–H groups in total. The number of nitrogens with zero attached hydrogens (tertiary/aromatic N) is 5. The van der Waals surface area contributed by atoms with Gasteiger partial charge in [-0.3, -0.25) is 14.6 Å². The molecular formula is C29H33N5O3. The van der Waals surface area contributed by atoms with Gasteiger partial charge in [-0.05, 0) is 42.8 Å². The van der Waals surface area contributed by atoms with Gasteiger partial charge in [0.05, 0.1) is 11.7 Å². The molecular weight excluding hydrogens is 466 g/mol. The molecule has 2 aliphatic heterocycles. The number of piperazine rings is 1. The smallest absolute Gasteiger partial charge is 0.272 e. The quantitative estimate of drug-likeness (QED) is 0.559. The molecule has 5 rings (SSSR count). The molecule has 0 radical (unpaired) electrons. The molecule has 1 saturated heterocycles. The maximum Gasteiger partial charge on any atom is 0.272 e. The normalized spacial score (nSPS) is 17.6. The zero-order chi connectivity index (χ0) is 25.9. The van der Waals surface area contributed by atoms with Gasteiger partial charge < -0.3 is 19.8 Å². The summed E-state index contributed by atoms with van der Waals surface area (Å²) in [6.45, 7) is 5.19. The van der Waals surface area contributed by atoms with E-state index < -0.39 is 0 Å². The van der Waals surface area contributed by atoms with E-state index in [9.17, 15) is 14.7 Å². The van der Waals surface area contributed by atoms with Crippen molar-refractivity contribution in [3.05, 3.63) is 71.7 Å². The number of pyridine rings is 2. The van der Waals surface area contributed by atoms with Crippen LogP contribution in [0.2, 0.25) is 0 Å². The van der Waals surface area contributed by atoms with Crippen LogP contribution in [0.15, 0.2) is 54.9 Å². The highest BCUT2D eigenvalue weighted by Gasteiger charge is 2.37. The van der Waals surface area contributed by atoms with Crippen molar-refractivity contribution in [3.8, 4) is 22.4 Å². The maximum absolute atomic E-state index is 13.6. The number of carbonyl (C=O) groups excluding carboxylic acids is 2. The minimum absolute atomic E-state index is 0.0247. The van der Waals surface area contributed by atoms with Gasteiger partial charge in [-0.1, -0.05) is 31.2 Å². The molecule has 192 valence electrons. The number of aliphatic hydroxyl groups is 1. The van der Waals surface area contributed by atoms with Crippen LogP contribution in [0.4, 0.5) is 0 Å². The third-order valence-corrected chi connectivity index (χ3v) is 7.36. The molecule has 4 heterocycles. The Labute approximate surface area is 217 Å². The molecule has 1 aromatic carbocycles. The SMILES string of the molecule is CCC(=O)N1Cc2cc(C(=O)N3CCN(C)CC3)nc(-c3cccc(-c4cccnc4)c3)c2[C@H]1CCO. The number of carbonyl (C=O) groups is 2. The highest BCUT2D eigenvalue weighted by atomic mass is 16.3. The predicted octanol–water partition coefficient (Wildman–Crippen LogP) is 3.37. The van der Waals surface area contributed by atoms with Gasteiger partial charge in [0, 0.05) is 74.8 Å². The summed E-state index contributed by atoms with van der Waals surface area (Å²) in [4.78, 5) is 41.6. The number of rotatable bonds is 6. The number of fused-ring (bicyclic) bond motifs is 1. The molecule has 0 aliphatic carbocycles. The highest BCUT2D eigenvalue weighted by molar-refractivity contribution is 5.94. The van der Waals surface area contributed by atoms with Gasteiger partial charge in [-0.25, -0.2) is 4.98 Å². The number of aliphatic hydroxyl groups excluding tert-OH is 1. The third-order valence-electron chi connectivity index (χ3n) is 7.36. The number of benzene rings is 1.